The van der Waals surface area contributed by atoms with Crippen molar-refractivity contribution in [1.82, 2.24) is 15.3 Å². The van der Waals surface area contributed by atoms with Crippen LogP contribution in [0.3, 0.4) is 0 Å². The minimum Gasteiger partial charge on any atom is -0.353 e. The van der Waals surface area contributed by atoms with Gasteiger partial charge in [0.15, 0.2) is 0 Å². The first-order valence-electron chi connectivity index (χ1n) is 6.51. The molecule has 1 fully saturated rings. The summed E-state index contributed by atoms with van der Waals surface area (Å²) in [5, 5.41) is 14.0. The lowest BCUT2D eigenvalue weighted by Crippen LogP contribution is -2.44. The summed E-state index contributed by atoms with van der Waals surface area (Å²) in [4.78, 5) is 31.3. The van der Waals surface area contributed by atoms with E-state index in [0.29, 0.717) is 25.9 Å². The predicted octanol–water partition coefficient (Wildman–Crippen LogP) is -0.225. The highest BCUT2D eigenvalue weighted by atomic mass is 16.6. The number of hydrogen-bond donors (Lipinski definition) is 3. The van der Waals surface area contributed by atoms with Gasteiger partial charge in [0.2, 0.25) is 17.5 Å². The summed E-state index contributed by atoms with van der Waals surface area (Å²) < 4.78 is 0. The molecule has 1 aromatic heterocycles. The van der Waals surface area contributed by atoms with Crippen molar-refractivity contribution in [2.45, 2.75) is 25.8 Å². The first kappa shape index (κ1) is 14.9. The Bertz CT molecular complexity index is 543. The van der Waals surface area contributed by atoms with Crippen LogP contribution in [0.1, 0.15) is 19.8 Å². The number of hydrogen-bond acceptors (Lipinski definition) is 8. The summed E-state index contributed by atoms with van der Waals surface area (Å²) in [7, 11) is 0. The Morgan fingerprint density at radius 1 is 1.48 bits per heavy atom. The van der Waals surface area contributed by atoms with Crippen molar-refractivity contribution in [2.24, 2.45) is 5.84 Å². The zero-order valence-corrected chi connectivity index (χ0v) is 11.6. The predicted molar refractivity (Wildman–Crippen MR) is 75.5 cm³/mol. The molecule has 1 aromatic rings. The van der Waals surface area contributed by atoms with Crippen molar-refractivity contribution in [3.63, 3.8) is 0 Å². The second-order valence-electron chi connectivity index (χ2n) is 4.76. The number of nitrogens with zero attached hydrogens (tertiary/aromatic N) is 4. The topological polar surface area (TPSA) is 139 Å². The van der Waals surface area contributed by atoms with Gasteiger partial charge in [0, 0.05) is 26.1 Å². The zero-order chi connectivity index (χ0) is 15.4. The summed E-state index contributed by atoms with van der Waals surface area (Å²) >= 11 is 0. The van der Waals surface area contributed by atoms with E-state index in [9.17, 15) is 14.9 Å². The van der Waals surface area contributed by atoms with Crippen molar-refractivity contribution >= 4 is 23.2 Å². The van der Waals surface area contributed by atoms with Gasteiger partial charge in [-0.05, 0) is 12.8 Å². The Balaban J connectivity index is 2.17. The van der Waals surface area contributed by atoms with Gasteiger partial charge in [-0.15, -0.1) is 0 Å². The van der Waals surface area contributed by atoms with E-state index in [1.807, 2.05) is 0 Å². The van der Waals surface area contributed by atoms with E-state index in [1.165, 1.54) is 13.3 Å². The highest BCUT2D eigenvalue weighted by Crippen LogP contribution is 2.32. The molecule has 114 valence electrons. The minimum absolute atomic E-state index is 0.0195. The first-order chi connectivity index (χ1) is 10.0. The molecule has 0 bridgehead atoms. The molecule has 1 saturated heterocycles. The maximum absolute atomic E-state index is 11.2. The summed E-state index contributed by atoms with van der Waals surface area (Å²) in [6.07, 6.45) is 2.63. The molecular weight excluding hydrogens is 278 g/mol. The van der Waals surface area contributed by atoms with E-state index >= 15 is 0 Å². The number of aromatic nitrogens is 2. The highest BCUT2D eigenvalue weighted by molar-refractivity contribution is 5.73. The second-order valence-corrected chi connectivity index (χ2v) is 4.76. The lowest BCUT2D eigenvalue weighted by molar-refractivity contribution is -0.383. The molecule has 4 N–H and O–H groups in total. The molecule has 0 aromatic carbocycles. The molecule has 2 rings (SSSR count). The molecule has 10 heteroatoms. The van der Waals surface area contributed by atoms with Crippen molar-refractivity contribution in [3.8, 4) is 0 Å². The second kappa shape index (κ2) is 6.31. The quantitative estimate of drug-likeness (QED) is 0.393. The molecular formula is C11H17N7O3. The number of nitrogen functional groups attached to an aromatic ring is 1. The standard InChI is InChI=1S/C11H17N7O3/c1-7(19)15-8-2-4-17(5-3-8)11-9(18(20)21)10(16-12)13-6-14-11/h6,8H,2-5,12H2,1H3,(H,15,19)(H,13,14,16). The number of nitrogens with one attached hydrogen (secondary N) is 2. The molecule has 0 aliphatic carbocycles. The molecule has 21 heavy (non-hydrogen) atoms. The van der Waals surface area contributed by atoms with E-state index in [1.54, 1.807) is 4.90 Å². The number of carbonyl (C=O) groups is 1. The minimum atomic E-state index is -0.551. The normalized spacial score (nSPS) is 15.6. The van der Waals surface area contributed by atoms with Crippen LogP contribution in [0.5, 0.6) is 0 Å². The van der Waals surface area contributed by atoms with Crippen LogP contribution < -0.4 is 21.5 Å². The van der Waals surface area contributed by atoms with Gasteiger partial charge in [0.25, 0.3) is 0 Å². The molecule has 0 spiro atoms. The van der Waals surface area contributed by atoms with Crippen LogP contribution in [0.15, 0.2) is 6.33 Å². The monoisotopic (exact) mass is 295 g/mol. The molecule has 0 radical (unpaired) electrons. The molecule has 1 aliphatic rings. The maximum Gasteiger partial charge on any atom is 0.354 e. The number of rotatable bonds is 4. The van der Waals surface area contributed by atoms with Crippen molar-refractivity contribution < 1.29 is 9.72 Å². The Kier molecular flexibility index (Phi) is 4.48. The maximum atomic E-state index is 11.2. The summed E-state index contributed by atoms with van der Waals surface area (Å²) in [6, 6.07) is 0.0896. The summed E-state index contributed by atoms with van der Waals surface area (Å²) in [5.74, 6) is 5.40. The average Bonchev–Trinajstić information content (AvgIpc) is 2.46. The average molecular weight is 295 g/mol. The number of piperidine rings is 1. The van der Waals surface area contributed by atoms with Gasteiger partial charge in [-0.1, -0.05) is 0 Å². The van der Waals surface area contributed by atoms with E-state index in [-0.39, 0.29) is 29.3 Å². The summed E-state index contributed by atoms with van der Waals surface area (Å²) in [6.45, 7) is 2.60. The Labute approximate surface area is 120 Å². The van der Waals surface area contributed by atoms with Crippen LogP contribution in [0.2, 0.25) is 0 Å². The number of nitrogens with two attached hydrogens (primary N) is 1. The van der Waals surface area contributed by atoms with E-state index in [0.717, 1.165) is 0 Å². The van der Waals surface area contributed by atoms with Crippen LogP contribution in [0, 0.1) is 10.1 Å². The fourth-order valence-corrected chi connectivity index (χ4v) is 2.40. The van der Waals surface area contributed by atoms with Gasteiger partial charge >= 0.3 is 5.69 Å². The van der Waals surface area contributed by atoms with E-state index in [4.69, 9.17) is 5.84 Å². The van der Waals surface area contributed by atoms with Gasteiger partial charge in [-0.3, -0.25) is 14.9 Å². The fraction of sp³-hybridized carbons (Fsp3) is 0.545. The van der Waals surface area contributed by atoms with Gasteiger partial charge < -0.3 is 15.6 Å². The Morgan fingerprint density at radius 3 is 2.67 bits per heavy atom. The van der Waals surface area contributed by atoms with Crippen LogP contribution >= 0.6 is 0 Å². The Morgan fingerprint density at radius 2 is 2.14 bits per heavy atom. The third kappa shape index (κ3) is 3.34. The van der Waals surface area contributed by atoms with Gasteiger partial charge in [-0.25, -0.2) is 15.8 Å². The van der Waals surface area contributed by atoms with Crippen LogP contribution in [0.4, 0.5) is 17.3 Å². The smallest absolute Gasteiger partial charge is 0.353 e. The number of anilines is 2. The first-order valence-corrected chi connectivity index (χ1v) is 6.51. The van der Waals surface area contributed by atoms with Crippen LogP contribution in [0.25, 0.3) is 0 Å². The molecule has 1 aliphatic heterocycles. The number of carbonyl (C=O) groups excluding carboxylic acids is 1. The molecule has 2 heterocycles. The van der Waals surface area contributed by atoms with Crippen LogP contribution in [-0.2, 0) is 4.79 Å². The molecule has 10 nitrogen and oxygen atoms in total. The molecule has 1 amide bonds. The molecule has 0 unspecified atom stereocenters. The third-order valence-electron chi connectivity index (χ3n) is 3.32. The van der Waals surface area contributed by atoms with Crippen LogP contribution in [-0.4, -0.2) is 39.9 Å². The van der Waals surface area contributed by atoms with Gasteiger partial charge in [0.1, 0.15) is 6.33 Å². The van der Waals surface area contributed by atoms with E-state index in [2.05, 4.69) is 20.7 Å². The lowest BCUT2D eigenvalue weighted by Gasteiger charge is -2.32. The molecule has 0 saturated carbocycles. The highest BCUT2D eigenvalue weighted by Gasteiger charge is 2.29. The zero-order valence-electron chi connectivity index (χ0n) is 11.6. The Hall–Kier alpha value is -2.49. The summed E-state index contributed by atoms with van der Waals surface area (Å²) in [5.41, 5.74) is 1.98. The van der Waals surface area contributed by atoms with Gasteiger partial charge in [0.05, 0.1) is 4.92 Å². The van der Waals surface area contributed by atoms with Crippen molar-refractivity contribution in [1.29, 1.82) is 0 Å². The van der Waals surface area contributed by atoms with Crippen molar-refractivity contribution in [3.05, 3.63) is 16.4 Å². The van der Waals surface area contributed by atoms with E-state index < -0.39 is 4.92 Å². The number of amides is 1. The SMILES string of the molecule is CC(=O)NC1CCN(c2ncnc(NN)c2[N+](=O)[O-])CC1. The third-order valence-corrected chi connectivity index (χ3v) is 3.32. The molecule has 0 atom stereocenters. The fourth-order valence-electron chi connectivity index (χ4n) is 2.40. The number of nitro groups is 1. The largest absolute Gasteiger partial charge is 0.354 e. The van der Waals surface area contributed by atoms with Crippen molar-refractivity contribution in [2.75, 3.05) is 23.4 Å². The number of hydrazine groups is 1. The lowest BCUT2D eigenvalue weighted by atomic mass is 10.0. The van der Waals surface area contributed by atoms with Gasteiger partial charge in [-0.2, -0.15) is 0 Å².